The molecule has 10 heteroatoms. The van der Waals surface area contributed by atoms with Gasteiger partial charge in [0.1, 0.15) is 4.90 Å². The highest BCUT2D eigenvalue weighted by Crippen LogP contribution is 2.19. The SMILES string of the molecule is CC(C)(CNS(=O)(=O)c1ccccc1NN)NS(C)(=O)=O. The molecule has 0 aliphatic carbocycles. The second-order valence-corrected chi connectivity index (χ2v) is 8.71. The molecule has 0 unspecified atom stereocenters. The van der Waals surface area contributed by atoms with Crippen LogP contribution in [0.5, 0.6) is 0 Å². The quantitative estimate of drug-likeness (QED) is 0.395. The van der Waals surface area contributed by atoms with Crippen LogP contribution in [0.2, 0.25) is 0 Å². The predicted octanol–water partition coefficient (Wildman–Crippen LogP) is -0.422. The van der Waals surface area contributed by atoms with E-state index in [0.29, 0.717) is 0 Å². The van der Waals surface area contributed by atoms with E-state index in [0.717, 1.165) is 6.26 Å². The lowest BCUT2D eigenvalue weighted by Gasteiger charge is -2.25. The molecule has 1 aromatic carbocycles. The van der Waals surface area contributed by atoms with Crippen LogP contribution in [-0.2, 0) is 20.0 Å². The lowest BCUT2D eigenvalue weighted by molar-refractivity contribution is 0.446. The molecule has 0 saturated carbocycles. The molecule has 5 N–H and O–H groups in total. The van der Waals surface area contributed by atoms with Crippen molar-refractivity contribution in [3.8, 4) is 0 Å². The summed E-state index contributed by atoms with van der Waals surface area (Å²) in [5.74, 6) is 5.28. The molecule has 1 rings (SSSR count). The molecule has 8 nitrogen and oxygen atoms in total. The van der Waals surface area contributed by atoms with E-state index in [-0.39, 0.29) is 17.1 Å². The van der Waals surface area contributed by atoms with Gasteiger partial charge in [-0.3, -0.25) is 5.84 Å². The van der Waals surface area contributed by atoms with E-state index in [4.69, 9.17) is 5.84 Å². The Labute approximate surface area is 125 Å². The van der Waals surface area contributed by atoms with Gasteiger partial charge in [0.2, 0.25) is 20.0 Å². The number of rotatable bonds is 7. The number of sulfonamides is 2. The second kappa shape index (κ2) is 6.28. The fraction of sp³-hybridized carbons (Fsp3) is 0.455. The molecule has 0 radical (unpaired) electrons. The van der Waals surface area contributed by atoms with Crippen LogP contribution in [0, 0.1) is 0 Å². The first-order valence-corrected chi connectivity index (χ1v) is 9.38. The molecule has 0 amide bonds. The molecular formula is C11H20N4O4S2. The predicted molar refractivity (Wildman–Crippen MR) is 81.5 cm³/mol. The average molecular weight is 336 g/mol. The van der Waals surface area contributed by atoms with Crippen molar-refractivity contribution >= 4 is 25.7 Å². The van der Waals surface area contributed by atoms with Gasteiger partial charge in [0, 0.05) is 12.1 Å². The number of hydrogen-bond donors (Lipinski definition) is 4. The molecule has 0 spiro atoms. The topological polar surface area (TPSA) is 130 Å². The number of hydrazine groups is 1. The van der Waals surface area contributed by atoms with E-state index in [2.05, 4.69) is 14.9 Å². The van der Waals surface area contributed by atoms with Gasteiger partial charge in [-0.05, 0) is 26.0 Å². The summed E-state index contributed by atoms with van der Waals surface area (Å²) < 4.78 is 51.7. The number of hydrogen-bond acceptors (Lipinski definition) is 6. The Morgan fingerprint density at radius 1 is 1.14 bits per heavy atom. The van der Waals surface area contributed by atoms with Crippen molar-refractivity contribution in [2.24, 2.45) is 5.84 Å². The largest absolute Gasteiger partial charge is 0.323 e. The summed E-state index contributed by atoms with van der Waals surface area (Å²) in [6.07, 6.45) is 1.01. The number of benzene rings is 1. The third-order valence-electron chi connectivity index (χ3n) is 2.50. The monoisotopic (exact) mass is 336 g/mol. The van der Waals surface area contributed by atoms with Crippen molar-refractivity contribution < 1.29 is 16.8 Å². The molecule has 0 saturated heterocycles. The minimum Gasteiger partial charge on any atom is -0.323 e. The number of anilines is 1. The molecule has 0 atom stereocenters. The first-order valence-electron chi connectivity index (χ1n) is 6.01. The van der Waals surface area contributed by atoms with E-state index in [1.54, 1.807) is 26.0 Å². The number of nitrogen functional groups attached to an aromatic ring is 1. The minimum absolute atomic E-state index is 0.0114. The molecule has 21 heavy (non-hydrogen) atoms. The average Bonchev–Trinajstić information content (AvgIpc) is 2.34. The van der Waals surface area contributed by atoms with Gasteiger partial charge in [0.15, 0.2) is 0 Å². The van der Waals surface area contributed by atoms with Gasteiger partial charge < -0.3 is 5.43 Å². The van der Waals surface area contributed by atoms with Gasteiger partial charge >= 0.3 is 0 Å². The molecule has 120 valence electrons. The molecular weight excluding hydrogens is 316 g/mol. The van der Waals surface area contributed by atoms with E-state index in [1.807, 2.05) is 0 Å². The zero-order valence-electron chi connectivity index (χ0n) is 12.0. The van der Waals surface area contributed by atoms with Gasteiger partial charge in [-0.2, -0.15) is 0 Å². The Bertz CT molecular complexity index is 699. The zero-order chi connectivity index (χ0) is 16.3. The van der Waals surface area contributed by atoms with Crippen LogP contribution in [0.1, 0.15) is 13.8 Å². The van der Waals surface area contributed by atoms with Crippen molar-refractivity contribution in [1.82, 2.24) is 9.44 Å². The Hall–Kier alpha value is -1.20. The molecule has 0 bridgehead atoms. The van der Waals surface area contributed by atoms with E-state index >= 15 is 0 Å². The molecule has 1 aromatic rings. The third kappa shape index (κ3) is 5.59. The van der Waals surface area contributed by atoms with E-state index < -0.39 is 25.6 Å². The summed E-state index contributed by atoms with van der Waals surface area (Å²) in [5, 5.41) is 0. The highest BCUT2D eigenvalue weighted by Gasteiger charge is 2.26. The summed E-state index contributed by atoms with van der Waals surface area (Å²) >= 11 is 0. The highest BCUT2D eigenvalue weighted by atomic mass is 32.2. The first kappa shape index (κ1) is 17.9. The van der Waals surface area contributed by atoms with E-state index in [1.165, 1.54) is 12.1 Å². The maximum absolute atomic E-state index is 12.2. The maximum Gasteiger partial charge on any atom is 0.242 e. The summed E-state index contributed by atoms with van der Waals surface area (Å²) in [6, 6.07) is 6.13. The third-order valence-corrected chi connectivity index (χ3v) is 4.88. The lowest BCUT2D eigenvalue weighted by Crippen LogP contribution is -2.50. The number of nitrogens with two attached hydrogens (primary N) is 1. The highest BCUT2D eigenvalue weighted by molar-refractivity contribution is 7.89. The van der Waals surface area contributed by atoms with Crippen LogP contribution >= 0.6 is 0 Å². The van der Waals surface area contributed by atoms with Gasteiger partial charge in [0.05, 0.1) is 11.9 Å². The molecule has 0 aliphatic heterocycles. The van der Waals surface area contributed by atoms with Crippen LogP contribution in [-0.4, -0.2) is 35.2 Å². The normalized spacial score (nSPS) is 13.1. The summed E-state index contributed by atoms with van der Waals surface area (Å²) in [7, 11) is -7.26. The van der Waals surface area contributed by atoms with E-state index in [9.17, 15) is 16.8 Å². The van der Waals surface area contributed by atoms with Crippen molar-refractivity contribution in [2.45, 2.75) is 24.3 Å². The van der Waals surface area contributed by atoms with Gasteiger partial charge in [-0.25, -0.2) is 26.3 Å². The summed E-state index contributed by atoms with van der Waals surface area (Å²) in [6.45, 7) is 3.04. The van der Waals surface area contributed by atoms with Crippen LogP contribution in [0.4, 0.5) is 5.69 Å². The van der Waals surface area contributed by atoms with Crippen molar-refractivity contribution in [3.63, 3.8) is 0 Å². The standard InChI is InChI=1S/C11H20N4O4S2/c1-11(2,15-20(3,16)17)8-13-21(18,19)10-7-5-4-6-9(10)14-12/h4-7,13-15H,8,12H2,1-3H3. The van der Waals surface area contributed by atoms with Crippen LogP contribution < -0.4 is 20.7 Å². The fourth-order valence-corrected chi connectivity index (χ4v) is 4.17. The molecule has 0 aromatic heterocycles. The Balaban J connectivity index is 2.92. The molecule has 0 aliphatic rings. The zero-order valence-corrected chi connectivity index (χ0v) is 13.7. The Morgan fingerprint density at radius 3 is 2.24 bits per heavy atom. The summed E-state index contributed by atoms with van der Waals surface area (Å²) in [5.41, 5.74) is 1.59. The number of para-hydroxylation sites is 1. The van der Waals surface area contributed by atoms with Crippen LogP contribution in [0.15, 0.2) is 29.2 Å². The smallest absolute Gasteiger partial charge is 0.242 e. The van der Waals surface area contributed by atoms with Crippen LogP contribution in [0.25, 0.3) is 0 Å². The molecule has 0 fully saturated rings. The number of nitrogens with one attached hydrogen (secondary N) is 3. The molecule has 0 heterocycles. The fourth-order valence-electron chi connectivity index (χ4n) is 1.71. The lowest BCUT2D eigenvalue weighted by atomic mass is 10.1. The van der Waals surface area contributed by atoms with Gasteiger partial charge in [-0.15, -0.1) is 0 Å². The van der Waals surface area contributed by atoms with Crippen molar-refractivity contribution in [2.75, 3.05) is 18.2 Å². The maximum atomic E-state index is 12.2. The van der Waals surface area contributed by atoms with Crippen molar-refractivity contribution in [3.05, 3.63) is 24.3 Å². The second-order valence-electron chi connectivity index (χ2n) is 5.22. The van der Waals surface area contributed by atoms with Gasteiger partial charge in [0.25, 0.3) is 0 Å². The Kier molecular flexibility index (Phi) is 5.34. The minimum atomic E-state index is -3.82. The summed E-state index contributed by atoms with van der Waals surface area (Å²) in [4.78, 5) is -0.0114. The first-order chi connectivity index (χ1) is 9.47. The van der Waals surface area contributed by atoms with Gasteiger partial charge in [-0.1, -0.05) is 12.1 Å². The van der Waals surface area contributed by atoms with Crippen LogP contribution in [0.3, 0.4) is 0 Å². The van der Waals surface area contributed by atoms with Crippen molar-refractivity contribution in [1.29, 1.82) is 0 Å². The Morgan fingerprint density at radius 2 is 1.71 bits per heavy atom.